The lowest BCUT2D eigenvalue weighted by Gasteiger charge is -2.13. The van der Waals surface area contributed by atoms with Crippen molar-refractivity contribution in [3.8, 4) is 11.5 Å². The summed E-state index contributed by atoms with van der Waals surface area (Å²) in [4.78, 5) is 9.34. The van der Waals surface area contributed by atoms with Gasteiger partial charge in [-0.2, -0.15) is 0 Å². The lowest BCUT2D eigenvalue weighted by atomic mass is 10.1. The molecule has 0 radical (unpaired) electrons. The number of phenols is 2. The number of hydrogen-bond donors (Lipinski definition) is 4. The zero-order valence-corrected chi connectivity index (χ0v) is 16.4. The number of unbranched alkanes of at least 4 members (excludes halogenated alkanes) is 1. The molecule has 2 aromatic carbocycles. The molecule has 0 saturated heterocycles. The smallest absolute Gasteiger partial charge is 0.162 e. The van der Waals surface area contributed by atoms with Crippen molar-refractivity contribution in [3.05, 3.63) is 53.3 Å². The van der Waals surface area contributed by atoms with Crippen molar-refractivity contribution in [2.45, 2.75) is 39.3 Å². The number of rotatable bonds is 6. The minimum absolute atomic E-state index is 0.118. The fraction of sp³-hybridized carbons (Fsp3) is 0.273. The van der Waals surface area contributed by atoms with Gasteiger partial charge in [-0.3, -0.25) is 0 Å². The van der Waals surface area contributed by atoms with Gasteiger partial charge in [0.25, 0.3) is 0 Å². The van der Waals surface area contributed by atoms with Gasteiger partial charge in [-0.15, -0.1) is 0 Å². The molecule has 0 aliphatic carbocycles. The van der Waals surface area contributed by atoms with Crippen LogP contribution in [0.5, 0.6) is 11.5 Å². The Hall–Kier alpha value is -3.32. The molecule has 0 atom stereocenters. The Bertz CT molecular complexity index is 1200. The molecule has 0 spiro atoms. The maximum Gasteiger partial charge on any atom is 0.162 e. The van der Waals surface area contributed by atoms with E-state index in [0.717, 1.165) is 47.1 Å². The number of anilines is 1. The number of hydrogen-bond acceptors (Lipinski definition) is 6. The number of nitrogens with two attached hydrogens (primary N) is 2. The quantitative estimate of drug-likeness (QED) is 0.373. The molecular weight excluding hydrogens is 366 g/mol. The van der Waals surface area contributed by atoms with Crippen molar-refractivity contribution < 1.29 is 10.2 Å². The molecule has 150 valence electrons. The Morgan fingerprint density at radius 2 is 1.93 bits per heavy atom. The van der Waals surface area contributed by atoms with E-state index in [9.17, 15) is 10.2 Å². The van der Waals surface area contributed by atoms with E-state index in [4.69, 9.17) is 16.5 Å². The number of aromatic nitrogens is 3. The van der Waals surface area contributed by atoms with E-state index in [2.05, 4.69) is 16.5 Å². The van der Waals surface area contributed by atoms with Crippen LogP contribution in [0.4, 0.5) is 5.82 Å². The number of aromatic hydroxyl groups is 2. The van der Waals surface area contributed by atoms with Crippen molar-refractivity contribution in [3.63, 3.8) is 0 Å². The molecule has 0 fully saturated rings. The maximum atomic E-state index is 10.3. The first-order valence-corrected chi connectivity index (χ1v) is 9.80. The molecular formula is C22H25N5O2. The molecule has 6 N–H and O–H groups in total. The van der Waals surface area contributed by atoms with Gasteiger partial charge in [-0.05, 0) is 24.1 Å². The normalized spacial score (nSPS) is 11.5. The molecule has 0 saturated carbocycles. The van der Waals surface area contributed by atoms with Gasteiger partial charge in [0.05, 0.1) is 17.6 Å². The summed E-state index contributed by atoms with van der Waals surface area (Å²) >= 11 is 0. The van der Waals surface area contributed by atoms with E-state index in [-0.39, 0.29) is 11.5 Å². The summed E-state index contributed by atoms with van der Waals surface area (Å²) in [6, 6.07) is 10.9. The van der Waals surface area contributed by atoms with Crippen LogP contribution in [0.3, 0.4) is 0 Å². The first-order valence-electron chi connectivity index (χ1n) is 9.80. The van der Waals surface area contributed by atoms with Crippen molar-refractivity contribution in [2.24, 2.45) is 5.73 Å². The van der Waals surface area contributed by atoms with Gasteiger partial charge in [0.2, 0.25) is 0 Å². The molecule has 0 aliphatic rings. The van der Waals surface area contributed by atoms with Gasteiger partial charge in [0, 0.05) is 23.9 Å². The molecule has 0 aliphatic heterocycles. The average Bonchev–Trinajstić information content (AvgIpc) is 3.08. The summed E-state index contributed by atoms with van der Waals surface area (Å²) in [6.45, 7) is 2.93. The molecule has 0 amide bonds. The third-order valence-corrected chi connectivity index (χ3v) is 5.26. The molecule has 4 aromatic rings. The molecule has 0 bridgehead atoms. The van der Waals surface area contributed by atoms with Crippen molar-refractivity contribution in [1.82, 2.24) is 14.5 Å². The zero-order chi connectivity index (χ0) is 20.5. The summed E-state index contributed by atoms with van der Waals surface area (Å²) in [5.74, 6) is 1.000. The minimum atomic E-state index is -0.138. The summed E-state index contributed by atoms with van der Waals surface area (Å²) in [6.07, 6.45) is 2.80. The molecule has 4 rings (SSSR count). The minimum Gasteiger partial charge on any atom is -0.504 e. The van der Waals surface area contributed by atoms with Crippen LogP contribution in [0.2, 0.25) is 0 Å². The van der Waals surface area contributed by atoms with Gasteiger partial charge < -0.3 is 26.2 Å². The van der Waals surface area contributed by atoms with Crippen LogP contribution in [0.1, 0.15) is 36.7 Å². The highest BCUT2D eigenvalue weighted by atomic mass is 16.3. The number of fused-ring (bicyclic) bond motifs is 3. The number of nitrogen functional groups attached to an aromatic ring is 1. The maximum absolute atomic E-state index is 10.3. The Balaban J connectivity index is 1.99. The summed E-state index contributed by atoms with van der Waals surface area (Å²) in [5.41, 5.74) is 15.9. The van der Waals surface area contributed by atoms with Crippen molar-refractivity contribution in [2.75, 3.05) is 5.73 Å². The van der Waals surface area contributed by atoms with E-state index in [1.54, 1.807) is 12.1 Å². The molecule has 0 unspecified atom stereocenters. The lowest BCUT2D eigenvalue weighted by molar-refractivity contribution is 0.398. The molecule has 2 heterocycles. The van der Waals surface area contributed by atoms with Gasteiger partial charge in [0.15, 0.2) is 17.3 Å². The second-order valence-corrected chi connectivity index (χ2v) is 7.25. The number of pyridine rings is 1. The third kappa shape index (κ3) is 3.34. The van der Waals surface area contributed by atoms with Crippen molar-refractivity contribution >= 4 is 27.8 Å². The second kappa shape index (κ2) is 7.60. The van der Waals surface area contributed by atoms with E-state index < -0.39 is 0 Å². The number of benzene rings is 2. The van der Waals surface area contributed by atoms with Crippen LogP contribution in [0.15, 0.2) is 36.4 Å². The van der Waals surface area contributed by atoms with Gasteiger partial charge in [-0.25, -0.2) is 9.97 Å². The SMILES string of the molecule is CCCCc1nc2c(N)nc3cc(CN)ccc3c2n1Cc1cccc(O)c1O. The Kier molecular flexibility index (Phi) is 4.98. The van der Waals surface area contributed by atoms with Crippen LogP contribution < -0.4 is 11.5 Å². The third-order valence-electron chi connectivity index (χ3n) is 5.26. The predicted molar refractivity (Wildman–Crippen MR) is 115 cm³/mol. The standard InChI is InChI=1S/C22H25N5O2/c1-2-3-7-18-26-19-20(27(18)12-14-5-4-6-17(28)21(14)29)15-9-8-13(11-23)10-16(15)25-22(19)24/h4-6,8-10,28-29H,2-3,7,11-12,23H2,1H3,(H2,24,25). The fourth-order valence-corrected chi connectivity index (χ4v) is 3.70. The number of nitrogens with zero attached hydrogens (tertiary/aromatic N) is 3. The first-order chi connectivity index (χ1) is 14.0. The van der Waals surface area contributed by atoms with Crippen LogP contribution in [0.25, 0.3) is 21.9 Å². The zero-order valence-electron chi connectivity index (χ0n) is 16.4. The molecule has 7 nitrogen and oxygen atoms in total. The van der Waals surface area contributed by atoms with E-state index in [0.29, 0.717) is 30.0 Å². The Morgan fingerprint density at radius 1 is 1.10 bits per heavy atom. The predicted octanol–water partition coefficient (Wildman–Crippen LogP) is 3.43. The van der Waals surface area contributed by atoms with E-state index in [1.165, 1.54) is 6.07 Å². The van der Waals surface area contributed by atoms with E-state index in [1.807, 2.05) is 18.2 Å². The first kappa shape index (κ1) is 19.0. The Morgan fingerprint density at radius 3 is 2.69 bits per heavy atom. The molecule has 7 heteroatoms. The van der Waals surface area contributed by atoms with Crippen LogP contribution in [-0.4, -0.2) is 24.7 Å². The second-order valence-electron chi connectivity index (χ2n) is 7.25. The number of aryl methyl sites for hydroxylation is 1. The van der Waals surface area contributed by atoms with Crippen molar-refractivity contribution in [1.29, 1.82) is 0 Å². The average molecular weight is 391 g/mol. The fourth-order valence-electron chi connectivity index (χ4n) is 3.70. The van der Waals surface area contributed by atoms with Crippen LogP contribution in [0, 0.1) is 0 Å². The highest BCUT2D eigenvalue weighted by Crippen LogP contribution is 2.33. The van der Waals surface area contributed by atoms with E-state index >= 15 is 0 Å². The lowest BCUT2D eigenvalue weighted by Crippen LogP contribution is -2.06. The number of imidazole rings is 1. The van der Waals surface area contributed by atoms with Gasteiger partial charge in [0.1, 0.15) is 11.3 Å². The Labute approximate surface area is 168 Å². The largest absolute Gasteiger partial charge is 0.504 e. The van der Waals surface area contributed by atoms with Gasteiger partial charge >= 0.3 is 0 Å². The van der Waals surface area contributed by atoms with Crippen LogP contribution in [-0.2, 0) is 19.5 Å². The summed E-state index contributed by atoms with van der Waals surface area (Å²) in [7, 11) is 0. The monoisotopic (exact) mass is 391 g/mol. The van der Waals surface area contributed by atoms with Gasteiger partial charge in [-0.1, -0.05) is 37.6 Å². The number of para-hydroxylation sites is 1. The molecule has 29 heavy (non-hydrogen) atoms. The van der Waals surface area contributed by atoms with Crippen LogP contribution >= 0.6 is 0 Å². The summed E-state index contributed by atoms with van der Waals surface area (Å²) in [5, 5.41) is 21.2. The number of phenolic OH excluding ortho intramolecular Hbond substituents is 2. The summed E-state index contributed by atoms with van der Waals surface area (Å²) < 4.78 is 2.07. The topological polar surface area (TPSA) is 123 Å². The molecule has 2 aromatic heterocycles. The highest BCUT2D eigenvalue weighted by Gasteiger charge is 2.19. The highest BCUT2D eigenvalue weighted by molar-refractivity contribution is 6.06.